The molecule has 1 aromatic heterocycles. The lowest BCUT2D eigenvalue weighted by Gasteiger charge is -2.09. The molecule has 1 aliphatic rings. The first kappa shape index (κ1) is 13.0. The van der Waals surface area contributed by atoms with Gasteiger partial charge >= 0.3 is 0 Å². The fraction of sp³-hybridized carbons (Fsp3) is 0.417. The molecule has 0 spiro atoms. The number of hydrogen-bond donors (Lipinski definition) is 2. The van der Waals surface area contributed by atoms with Crippen LogP contribution in [0.2, 0.25) is 0 Å². The highest BCUT2D eigenvalue weighted by atomic mass is 32.2. The fourth-order valence-corrected chi connectivity index (χ4v) is 5.70. The molecule has 0 saturated carbocycles. The normalized spacial score (nSPS) is 26.0. The van der Waals surface area contributed by atoms with E-state index in [1.54, 1.807) is 0 Å². The van der Waals surface area contributed by atoms with Crippen molar-refractivity contribution < 1.29 is 13.5 Å². The van der Waals surface area contributed by atoms with E-state index in [1.807, 2.05) is 25.1 Å². The van der Waals surface area contributed by atoms with Gasteiger partial charge in [0, 0.05) is 0 Å². The number of imidazole rings is 1. The quantitative estimate of drug-likeness (QED) is 0.868. The molecule has 2 unspecified atom stereocenters. The average Bonchev–Trinajstić information content (AvgIpc) is 2.79. The summed E-state index contributed by atoms with van der Waals surface area (Å²) in [4.78, 5) is 7.56. The lowest BCUT2D eigenvalue weighted by Crippen LogP contribution is -2.20. The summed E-state index contributed by atoms with van der Waals surface area (Å²) < 4.78 is 22.9. The number of aromatic amines is 1. The highest BCUT2D eigenvalue weighted by Crippen LogP contribution is 2.30. The molecular formula is C12H14N2O3S2. The average molecular weight is 298 g/mol. The number of benzene rings is 1. The Bertz CT molecular complexity index is 724. The Hall–Kier alpha value is -1.05. The van der Waals surface area contributed by atoms with E-state index in [0.717, 1.165) is 16.6 Å². The number of hydrogen-bond acceptors (Lipinski definition) is 5. The molecule has 1 fully saturated rings. The van der Waals surface area contributed by atoms with Crippen LogP contribution in [0.25, 0.3) is 11.0 Å². The number of fused-ring (bicyclic) bond motifs is 1. The number of thioether (sulfide) groups is 1. The van der Waals surface area contributed by atoms with Gasteiger partial charge in [-0.1, -0.05) is 17.8 Å². The molecule has 2 N–H and O–H groups in total. The number of sulfone groups is 1. The van der Waals surface area contributed by atoms with Crippen molar-refractivity contribution in [3.05, 3.63) is 23.8 Å². The number of aryl methyl sites for hydroxylation is 1. The molecule has 1 saturated heterocycles. The van der Waals surface area contributed by atoms with E-state index in [4.69, 9.17) is 0 Å². The van der Waals surface area contributed by atoms with E-state index < -0.39 is 15.9 Å². The van der Waals surface area contributed by atoms with Gasteiger partial charge in [0.05, 0.1) is 33.9 Å². The van der Waals surface area contributed by atoms with Gasteiger partial charge in [0.25, 0.3) is 0 Å². The van der Waals surface area contributed by atoms with Gasteiger partial charge in [-0.2, -0.15) is 0 Å². The van der Waals surface area contributed by atoms with Gasteiger partial charge < -0.3 is 10.1 Å². The number of nitrogens with zero attached hydrogens (tertiary/aromatic N) is 1. The summed E-state index contributed by atoms with van der Waals surface area (Å²) in [5, 5.41) is 10.1. The minimum Gasteiger partial charge on any atom is -0.391 e. The summed E-state index contributed by atoms with van der Waals surface area (Å²) in [6.07, 6.45) is -0.815. The van der Waals surface area contributed by atoms with Crippen LogP contribution >= 0.6 is 11.8 Å². The summed E-state index contributed by atoms with van der Waals surface area (Å²) in [6, 6.07) is 5.90. The Morgan fingerprint density at radius 3 is 2.89 bits per heavy atom. The Morgan fingerprint density at radius 1 is 1.42 bits per heavy atom. The van der Waals surface area contributed by atoms with E-state index in [2.05, 4.69) is 9.97 Å². The number of H-pyrrole nitrogens is 1. The van der Waals surface area contributed by atoms with Crippen LogP contribution in [-0.2, 0) is 9.84 Å². The molecule has 0 aliphatic carbocycles. The maximum absolute atomic E-state index is 11.5. The van der Waals surface area contributed by atoms with Gasteiger partial charge in [0.15, 0.2) is 15.0 Å². The zero-order valence-corrected chi connectivity index (χ0v) is 12.0. The van der Waals surface area contributed by atoms with Crippen molar-refractivity contribution in [1.82, 2.24) is 9.97 Å². The van der Waals surface area contributed by atoms with Gasteiger partial charge in [-0.3, -0.25) is 0 Å². The van der Waals surface area contributed by atoms with Crippen molar-refractivity contribution in [3.8, 4) is 0 Å². The molecule has 0 radical (unpaired) electrons. The van der Waals surface area contributed by atoms with Gasteiger partial charge in [0.2, 0.25) is 0 Å². The van der Waals surface area contributed by atoms with Crippen LogP contribution in [0.3, 0.4) is 0 Å². The summed E-state index contributed by atoms with van der Waals surface area (Å²) in [6.45, 7) is 2.00. The standard InChI is InChI=1S/C12H14N2O3S2/c1-7-2-3-8-9(4-7)14-12(13-8)18-11-6-19(16,17)5-10(11)15/h2-4,10-11,15H,5-6H2,1H3,(H,13,14). The number of aliphatic hydroxyl groups excluding tert-OH is 1. The Morgan fingerprint density at radius 2 is 2.21 bits per heavy atom. The maximum Gasteiger partial charge on any atom is 0.166 e. The van der Waals surface area contributed by atoms with E-state index in [9.17, 15) is 13.5 Å². The number of aliphatic hydroxyl groups is 1. The molecule has 0 bridgehead atoms. The van der Waals surface area contributed by atoms with E-state index in [-0.39, 0.29) is 16.8 Å². The predicted molar refractivity (Wildman–Crippen MR) is 75.1 cm³/mol. The third kappa shape index (κ3) is 2.63. The number of aromatic nitrogens is 2. The monoisotopic (exact) mass is 298 g/mol. The first-order valence-corrected chi connectivity index (χ1v) is 8.64. The van der Waals surface area contributed by atoms with Crippen molar-refractivity contribution in [2.24, 2.45) is 0 Å². The van der Waals surface area contributed by atoms with Crippen molar-refractivity contribution in [2.75, 3.05) is 11.5 Å². The van der Waals surface area contributed by atoms with Gasteiger partial charge in [0.1, 0.15) is 0 Å². The first-order valence-electron chi connectivity index (χ1n) is 5.94. The molecule has 19 heavy (non-hydrogen) atoms. The maximum atomic E-state index is 11.5. The molecule has 3 rings (SSSR count). The lowest BCUT2D eigenvalue weighted by molar-refractivity contribution is 0.207. The van der Waals surface area contributed by atoms with Crippen LogP contribution in [0, 0.1) is 6.92 Å². The van der Waals surface area contributed by atoms with E-state index in [0.29, 0.717) is 5.16 Å². The van der Waals surface area contributed by atoms with Crippen molar-refractivity contribution >= 4 is 32.6 Å². The zero-order chi connectivity index (χ0) is 13.6. The van der Waals surface area contributed by atoms with Crippen LogP contribution in [0.1, 0.15) is 5.56 Å². The van der Waals surface area contributed by atoms with E-state index in [1.165, 1.54) is 11.8 Å². The summed E-state index contributed by atoms with van der Waals surface area (Å²) in [5.74, 6) is -0.140. The molecule has 7 heteroatoms. The molecule has 2 heterocycles. The fourth-order valence-electron chi connectivity index (χ4n) is 2.21. The van der Waals surface area contributed by atoms with Gasteiger partial charge in [-0.15, -0.1) is 0 Å². The van der Waals surface area contributed by atoms with Crippen molar-refractivity contribution in [2.45, 2.75) is 23.4 Å². The summed E-state index contributed by atoms with van der Waals surface area (Å²) >= 11 is 1.30. The molecule has 102 valence electrons. The zero-order valence-electron chi connectivity index (χ0n) is 10.3. The van der Waals surface area contributed by atoms with Crippen LogP contribution < -0.4 is 0 Å². The number of rotatable bonds is 2. The molecule has 1 aliphatic heterocycles. The SMILES string of the molecule is Cc1ccc2nc(SC3CS(=O)(=O)CC3O)[nH]c2c1. The molecule has 2 atom stereocenters. The molecule has 5 nitrogen and oxygen atoms in total. The highest BCUT2D eigenvalue weighted by Gasteiger charge is 2.37. The minimum absolute atomic E-state index is 0.00884. The second-order valence-corrected chi connectivity index (χ2v) is 8.24. The Balaban J connectivity index is 1.86. The summed E-state index contributed by atoms with van der Waals surface area (Å²) in [5.41, 5.74) is 2.91. The molecule has 2 aromatic rings. The third-order valence-corrected chi connectivity index (χ3v) is 6.28. The topological polar surface area (TPSA) is 83.1 Å². The number of nitrogens with one attached hydrogen (secondary N) is 1. The smallest absolute Gasteiger partial charge is 0.166 e. The largest absolute Gasteiger partial charge is 0.391 e. The predicted octanol–water partition coefficient (Wildman–Crippen LogP) is 1.12. The van der Waals surface area contributed by atoms with E-state index >= 15 is 0 Å². The second kappa shape index (κ2) is 4.50. The molecular weight excluding hydrogens is 284 g/mol. The second-order valence-electron chi connectivity index (χ2n) is 4.86. The molecule has 1 aromatic carbocycles. The molecule has 0 amide bonds. The van der Waals surface area contributed by atoms with Crippen LogP contribution in [0.4, 0.5) is 0 Å². The Kier molecular flexibility index (Phi) is 3.07. The van der Waals surface area contributed by atoms with Crippen molar-refractivity contribution in [3.63, 3.8) is 0 Å². The van der Waals surface area contributed by atoms with Gasteiger partial charge in [-0.25, -0.2) is 13.4 Å². The summed E-state index contributed by atoms with van der Waals surface area (Å²) in [7, 11) is -3.11. The van der Waals surface area contributed by atoms with Crippen LogP contribution in [0.15, 0.2) is 23.4 Å². The lowest BCUT2D eigenvalue weighted by atomic mass is 10.2. The first-order chi connectivity index (χ1) is 8.93. The minimum atomic E-state index is -3.11. The van der Waals surface area contributed by atoms with Crippen molar-refractivity contribution in [1.29, 1.82) is 0 Å². The Labute approximate surface area is 115 Å². The van der Waals surface area contributed by atoms with Crippen LogP contribution in [-0.4, -0.2) is 46.4 Å². The van der Waals surface area contributed by atoms with Crippen LogP contribution in [0.5, 0.6) is 0 Å². The third-order valence-electron chi connectivity index (χ3n) is 3.15. The van der Waals surface area contributed by atoms with Gasteiger partial charge in [-0.05, 0) is 24.6 Å². The highest BCUT2D eigenvalue weighted by molar-refractivity contribution is 8.01.